The van der Waals surface area contributed by atoms with Gasteiger partial charge in [-0.25, -0.2) is 0 Å². The van der Waals surface area contributed by atoms with Crippen molar-refractivity contribution in [2.45, 2.75) is 50.9 Å². The Morgan fingerprint density at radius 1 is 0.923 bits per heavy atom. The van der Waals surface area contributed by atoms with Gasteiger partial charge in [0.2, 0.25) is 0 Å². The van der Waals surface area contributed by atoms with Gasteiger partial charge in [0.15, 0.2) is 0 Å². The van der Waals surface area contributed by atoms with Crippen LogP contribution in [-0.4, -0.2) is 0 Å². The molecule has 136 valence electrons. The van der Waals surface area contributed by atoms with Crippen LogP contribution in [0.1, 0.15) is 49.7 Å². The minimum Gasteiger partial charge on any atom is -0.455 e. The lowest BCUT2D eigenvalue weighted by atomic mass is 9.48. The summed E-state index contributed by atoms with van der Waals surface area (Å²) in [6.07, 6.45) is 8.37. The van der Waals surface area contributed by atoms with Gasteiger partial charge in [0.25, 0.3) is 0 Å². The maximum absolute atomic E-state index is 6.41. The number of nitrogens with two attached hydrogens (primary N) is 1. The highest BCUT2D eigenvalue weighted by molar-refractivity contribution is 9.10. The smallest absolute Gasteiger partial charge is 0.150 e. The number of hydrogen-bond donors (Lipinski definition) is 1. The van der Waals surface area contributed by atoms with Crippen LogP contribution < -0.4 is 10.5 Å². The molecule has 2 nitrogen and oxygen atoms in total. The summed E-state index contributed by atoms with van der Waals surface area (Å²) in [5, 5.41) is 0. The zero-order chi connectivity index (χ0) is 17.9. The van der Waals surface area contributed by atoms with Crippen molar-refractivity contribution in [3.05, 3.63) is 52.0 Å². The maximum Gasteiger partial charge on any atom is 0.150 e. The van der Waals surface area contributed by atoms with E-state index in [1.54, 1.807) is 0 Å². The summed E-state index contributed by atoms with van der Waals surface area (Å²) in [5.41, 5.74) is 9.81. The van der Waals surface area contributed by atoms with E-state index in [0.29, 0.717) is 11.1 Å². The molecule has 4 aliphatic carbocycles. The van der Waals surface area contributed by atoms with Gasteiger partial charge in [-0.15, -0.1) is 0 Å². The van der Waals surface area contributed by atoms with Gasteiger partial charge in [-0.2, -0.15) is 0 Å². The summed E-state index contributed by atoms with van der Waals surface area (Å²) in [5.74, 6) is 4.50. The molecule has 0 aromatic heterocycles. The number of nitrogen functional groups attached to an aromatic ring is 1. The quantitative estimate of drug-likeness (QED) is 0.577. The molecule has 0 amide bonds. The van der Waals surface area contributed by atoms with E-state index in [-0.39, 0.29) is 0 Å². The van der Waals surface area contributed by atoms with E-state index in [1.807, 2.05) is 12.1 Å². The molecule has 4 fully saturated rings. The zero-order valence-corrected chi connectivity index (χ0v) is 16.9. The molecule has 2 aromatic carbocycles. The van der Waals surface area contributed by atoms with Gasteiger partial charge in [-0.05, 0) is 98.4 Å². The molecule has 4 aliphatic rings. The van der Waals surface area contributed by atoms with Crippen molar-refractivity contribution >= 4 is 21.6 Å². The Labute approximate surface area is 164 Å². The lowest BCUT2D eigenvalue weighted by Crippen LogP contribution is -2.48. The van der Waals surface area contributed by atoms with Crippen molar-refractivity contribution in [3.8, 4) is 11.5 Å². The Kier molecular flexibility index (Phi) is 3.86. The van der Waals surface area contributed by atoms with Crippen LogP contribution >= 0.6 is 15.9 Å². The van der Waals surface area contributed by atoms with E-state index in [9.17, 15) is 0 Å². The molecule has 3 heteroatoms. The van der Waals surface area contributed by atoms with Crippen LogP contribution in [0.2, 0.25) is 0 Å². The lowest BCUT2D eigenvalue weighted by Gasteiger charge is -2.57. The van der Waals surface area contributed by atoms with Crippen molar-refractivity contribution < 1.29 is 4.74 Å². The third-order valence-corrected chi connectivity index (χ3v) is 7.43. The maximum atomic E-state index is 6.41. The fourth-order valence-corrected chi connectivity index (χ4v) is 6.68. The highest BCUT2D eigenvalue weighted by atomic mass is 79.9. The van der Waals surface area contributed by atoms with Gasteiger partial charge >= 0.3 is 0 Å². The number of rotatable bonds is 3. The Morgan fingerprint density at radius 3 is 2.19 bits per heavy atom. The molecule has 0 atom stereocenters. The van der Waals surface area contributed by atoms with Gasteiger partial charge in [0, 0.05) is 10.0 Å². The predicted molar refractivity (Wildman–Crippen MR) is 110 cm³/mol. The van der Waals surface area contributed by atoms with Crippen LogP contribution in [0.15, 0.2) is 40.9 Å². The monoisotopic (exact) mass is 411 g/mol. The second kappa shape index (κ2) is 6.02. The molecule has 0 radical (unpaired) electrons. The van der Waals surface area contributed by atoms with Gasteiger partial charge in [0.1, 0.15) is 11.5 Å². The van der Waals surface area contributed by atoms with Crippen molar-refractivity contribution in [2.75, 3.05) is 5.73 Å². The average molecular weight is 412 g/mol. The van der Waals surface area contributed by atoms with Crippen molar-refractivity contribution in [1.82, 2.24) is 0 Å². The van der Waals surface area contributed by atoms with Crippen LogP contribution in [-0.2, 0) is 5.41 Å². The first-order valence-electron chi connectivity index (χ1n) is 9.85. The number of anilines is 1. The molecule has 2 aromatic rings. The summed E-state index contributed by atoms with van der Waals surface area (Å²) < 4.78 is 7.47. The van der Waals surface area contributed by atoms with Gasteiger partial charge in [-0.3, -0.25) is 0 Å². The van der Waals surface area contributed by atoms with Crippen LogP contribution in [0.3, 0.4) is 0 Å². The largest absolute Gasteiger partial charge is 0.455 e. The average Bonchev–Trinajstić information content (AvgIpc) is 2.56. The number of ether oxygens (including phenoxy) is 1. The molecule has 26 heavy (non-hydrogen) atoms. The molecule has 0 spiro atoms. The summed E-state index contributed by atoms with van der Waals surface area (Å²) in [7, 11) is 0. The summed E-state index contributed by atoms with van der Waals surface area (Å²) in [6, 6.07) is 12.7. The Bertz CT molecular complexity index is 824. The van der Waals surface area contributed by atoms with E-state index in [2.05, 4.69) is 47.1 Å². The van der Waals surface area contributed by atoms with Crippen molar-refractivity contribution in [1.29, 1.82) is 0 Å². The minimum atomic E-state index is 0.310. The van der Waals surface area contributed by atoms with Gasteiger partial charge in [0.05, 0.1) is 5.69 Å². The van der Waals surface area contributed by atoms with Gasteiger partial charge in [-0.1, -0.05) is 28.1 Å². The third kappa shape index (κ3) is 2.76. The second-order valence-corrected chi connectivity index (χ2v) is 9.90. The zero-order valence-electron chi connectivity index (χ0n) is 15.3. The molecular weight excluding hydrogens is 386 g/mol. The highest BCUT2D eigenvalue weighted by Gasteiger charge is 2.52. The molecule has 6 rings (SSSR count). The van der Waals surface area contributed by atoms with Crippen LogP contribution in [0.4, 0.5) is 5.69 Å². The summed E-state index contributed by atoms with van der Waals surface area (Å²) in [4.78, 5) is 0. The molecular formula is C23H26BrNO. The number of aryl methyl sites for hydroxylation is 1. The standard InChI is InChI=1S/C23H26BrNO/c1-14-2-5-21(20(25)6-14)26-22-10-18(24)3-4-19(22)23-11-15-7-16(12-23)9-17(8-15)13-23/h2-6,10,15-17H,7-9,11-13,25H2,1H3. The summed E-state index contributed by atoms with van der Waals surface area (Å²) >= 11 is 3.64. The van der Waals surface area contributed by atoms with E-state index >= 15 is 0 Å². The SMILES string of the molecule is Cc1ccc(Oc2cc(Br)ccc2C23CC4CC(CC(C4)C2)C3)c(N)c1. The molecule has 0 unspecified atom stereocenters. The second-order valence-electron chi connectivity index (χ2n) is 8.98. The normalized spacial score (nSPS) is 32.0. The number of benzene rings is 2. The Hall–Kier alpha value is -1.48. The number of hydrogen-bond acceptors (Lipinski definition) is 2. The van der Waals surface area contributed by atoms with Crippen LogP contribution in [0, 0.1) is 24.7 Å². The first-order chi connectivity index (χ1) is 12.5. The third-order valence-electron chi connectivity index (χ3n) is 6.94. The molecule has 2 N–H and O–H groups in total. The number of halogens is 1. The highest BCUT2D eigenvalue weighted by Crippen LogP contribution is 2.62. The molecule has 4 bridgehead atoms. The minimum absolute atomic E-state index is 0.310. The molecule has 0 heterocycles. The topological polar surface area (TPSA) is 35.2 Å². The molecule has 0 aliphatic heterocycles. The van der Waals surface area contributed by atoms with E-state index in [4.69, 9.17) is 10.5 Å². The first kappa shape index (κ1) is 16.7. The fourth-order valence-electron chi connectivity index (χ4n) is 6.34. The van der Waals surface area contributed by atoms with Crippen molar-refractivity contribution in [2.24, 2.45) is 17.8 Å². The van der Waals surface area contributed by atoms with Crippen LogP contribution in [0.25, 0.3) is 0 Å². The summed E-state index contributed by atoms with van der Waals surface area (Å²) in [6.45, 7) is 2.06. The van der Waals surface area contributed by atoms with E-state index in [0.717, 1.165) is 39.3 Å². The van der Waals surface area contributed by atoms with E-state index < -0.39 is 0 Å². The first-order valence-corrected chi connectivity index (χ1v) is 10.6. The van der Waals surface area contributed by atoms with E-state index in [1.165, 1.54) is 44.1 Å². The Morgan fingerprint density at radius 2 is 1.58 bits per heavy atom. The fraction of sp³-hybridized carbons (Fsp3) is 0.478. The molecule has 0 saturated heterocycles. The van der Waals surface area contributed by atoms with Gasteiger partial charge < -0.3 is 10.5 Å². The molecule has 4 saturated carbocycles. The predicted octanol–water partition coefficient (Wildman–Crippen LogP) is 6.60. The lowest BCUT2D eigenvalue weighted by molar-refractivity contribution is -0.00598. The van der Waals surface area contributed by atoms with Crippen molar-refractivity contribution in [3.63, 3.8) is 0 Å². The Balaban J connectivity index is 1.56. The van der Waals surface area contributed by atoms with Crippen LogP contribution in [0.5, 0.6) is 11.5 Å².